The summed E-state index contributed by atoms with van der Waals surface area (Å²) in [5.41, 5.74) is 1.88. The minimum Gasteiger partial charge on any atom is -0.369 e. The maximum absolute atomic E-state index is 13.9. The van der Waals surface area contributed by atoms with Crippen molar-refractivity contribution in [3.05, 3.63) is 59.2 Å². The Hall–Kier alpha value is -2.74. The molecule has 0 aromatic carbocycles. The molecule has 0 bridgehead atoms. The van der Waals surface area contributed by atoms with Gasteiger partial charge < -0.3 is 20.0 Å². The molecule has 2 N–H and O–H groups in total. The molecule has 0 amide bonds. The number of pyridine rings is 1. The summed E-state index contributed by atoms with van der Waals surface area (Å²) in [5, 5.41) is 23.3. The Balaban J connectivity index is 1.31. The van der Waals surface area contributed by atoms with E-state index in [2.05, 4.69) is 26.0 Å². The van der Waals surface area contributed by atoms with Crippen molar-refractivity contribution in [2.45, 2.75) is 62.4 Å². The number of likely N-dealkylation sites (tertiary alicyclic amines) is 1. The van der Waals surface area contributed by atoms with E-state index in [4.69, 9.17) is 11.6 Å². The molecule has 1 aliphatic carbocycles. The highest BCUT2D eigenvalue weighted by Gasteiger charge is 2.34. The van der Waals surface area contributed by atoms with Gasteiger partial charge in [0.1, 0.15) is 11.5 Å². The highest BCUT2D eigenvalue weighted by molar-refractivity contribution is 6.25. The molecule has 2 atom stereocenters. The van der Waals surface area contributed by atoms with Gasteiger partial charge in [-0.15, -0.1) is 11.6 Å². The molecule has 236 valence electrons. The van der Waals surface area contributed by atoms with Crippen LogP contribution in [-0.2, 0) is 0 Å². The zero-order valence-corrected chi connectivity index (χ0v) is 24.6. The molecule has 43 heavy (non-hydrogen) atoms. The number of nitrogens with zero attached hydrogens (tertiary/aromatic N) is 6. The van der Waals surface area contributed by atoms with Gasteiger partial charge in [-0.3, -0.25) is 9.58 Å². The molecule has 5 rings (SSSR count). The molecule has 0 spiro atoms. The minimum atomic E-state index is -4.16. The van der Waals surface area contributed by atoms with Crippen LogP contribution in [0.3, 0.4) is 0 Å². The first kappa shape index (κ1) is 31.7. The zero-order chi connectivity index (χ0) is 30.9. The molecule has 8 nitrogen and oxygen atoms in total. The monoisotopic (exact) mass is 630 g/mol. The van der Waals surface area contributed by atoms with Crippen LogP contribution in [0, 0.1) is 0 Å². The fourth-order valence-corrected chi connectivity index (χ4v) is 6.23. The van der Waals surface area contributed by atoms with Crippen LogP contribution in [0.1, 0.15) is 68.2 Å². The second-order valence-electron chi connectivity index (χ2n) is 11.6. The molecule has 14 heteroatoms. The molecule has 2 unspecified atom stereocenters. The van der Waals surface area contributed by atoms with Crippen LogP contribution in [0.25, 0.3) is 5.57 Å². The van der Waals surface area contributed by atoms with E-state index in [-0.39, 0.29) is 12.1 Å². The Morgan fingerprint density at radius 1 is 1.07 bits per heavy atom. The first-order valence-electron chi connectivity index (χ1n) is 14.4. The third-order valence-electron chi connectivity index (χ3n) is 8.32. The molecule has 0 saturated carbocycles. The van der Waals surface area contributed by atoms with Gasteiger partial charge in [-0.05, 0) is 44.4 Å². The standard InChI is InChI=1S/C29H36ClF5N6O2/c1-28(30)7-6-21(19-4-5-24(36-16-19)39-13-11-38(12-14-39)10-8-29(33,34)35)23(15-28)40-9-2-3-20(18-40)41-25(26(31)32)22(17-37-41)27(42)43/h4-6,15-17,20,26-27,42-43H,2-3,7-14,18H2,1H3. The third kappa shape index (κ3) is 7.50. The lowest BCUT2D eigenvalue weighted by Gasteiger charge is -2.40. The fraction of sp³-hybridized carbons (Fsp3) is 0.586. The van der Waals surface area contributed by atoms with Crippen molar-refractivity contribution in [2.24, 2.45) is 0 Å². The predicted molar refractivity (Wildman–Crippen MR) is 153 cm³/mol. The van der Waals surface area contributed by atoms with Crippen molar-refractivity contribution in [2.75, 3.05) is 50.7 Å². The van der Waals surface area contributed by atoms with Crippen LogP contribution in [0.5, 0.6) is 0 Å². The van der Waals surface area contributed by atoms with Crippen LogP contribution < -0.4 is 4.90 Å². The Bertz CT molecular complexity index is 1320. The summed E-state index contributed by atoms with van der Waals surface area (Å²) in [6.07, 6.45) is -1.14. The molecule has 3 aliphatic rings. The van der Waals surface area contributed by atoms with Gasteiger partial charge in [0.15, 0.2) is 6.29 Å². The van der Waals surface area contributed by atoms with Gasteiger partial charge in [-0.2, -0.15) is 18.3 Å². The lowest BCUT2D eigenvalue weighted by atomic mass is 9.89. The topological polar surface area (TPSA) is 80.9 Å². The number of allylic oxidation sites excluding steroid dienone is 3. The van der Waals surface area contributed by atoms with Crippen molar-refractivity contribution >= 4 is 23.0 Å². The van der Waals surface area contributed by atoms with Crippen molar-refractivity contribution in [1.29, 1.82) is 0 Å². The third-order valence-corrected chi connectivity index (χ3v) is 8.58. The van der Waals surface area contributed by atoms with Crippen molar-refractivity contribution in [1.82, 2.24) is 24.6 Å². The normalized spacial score (nSPS) is 24.1. The van der Waals surface area contributed by atoms with Gasteiger partial charge >= 0.3 is 6.18 Å². The Morgan fingerprint density at radius 2 is 1.81 bits per heavy atom. The number of hydrogen-bond donors (Lipinski definition) is 2. The zero-order valence-electron chi connectivity index (χ0n) is 23.8. The highest BCUT2D eigenvalue weighted by atomic mass is 35.5. The Morgan fingerprint density at radius 3 is 2.44 bits per heavy atom. The van der Waals surface area contributed by atoms with E-state index in [0.29, 0.717) is 58.5 Å². The summed E-state index contributed by atoms with van der Waals surface area (Å²) in [4.78, 5) is 10.0. The van der Waals surface area contributed by atoms with Gasteiger partial charge in [-0.1, -0.05) is 6.08 Å². The number of aliphatic hydroxyl groups excluding tert-OH is 1. The van der Waals surface area contributed by atoms with E-state index in [9.17, 15) is 32.2 Å². The SMILES string of the molecule is CC1(Cl)C=C(N2CCCC(n3ncc(C(O)O)c3C(F)F)C2)C(c2ccc(N3CCN(CCC(F)(F)F)CC3)nc2)=CC1. The average molecular weight is 631 g/mol. The first-order valence-corrected chi connectivity index (χ1v) is 14.8. The van der Waals surface area contributed by atoms with E-state index in [1.54, 1.807) is 6.20 Å². The van der Waals surface area contributed by atoms with Crippen LogP contribution in [0.4, 0.5) is 27.8 Å². The number of alkyl halides is 6. The number of halogens is 6. The second kappa shape index (κ2) is 12.7. The van der Waals surface area contributed by atoms with Crippen LogP contribution >= 0.6 is 11.6 Å². The largest absolute Gasteiger partial charge is 0.390 e. The summed E-state index contributed by atoms with van der Waals surface area (Å²) in [6, 6.07) is 3.46. The fourth-order valence-electron chi connectivity index (χ4n) is 6.05. The molecule has 0 radical (unpaired) electrons. The quantitative estimate of drug-likeness (QED) is 0.233. The lowest BCUT2D eigenvalue weighted by Crippen LogP contribution is -2.47. The highest BCUT2D eigenvalue weighted by Crippen LogP contribution is 2.40. The maximum Gasteiger partial charge on any atom is 0.390 e. The van der Waals surface area contributed by atoms with E-state index >= 15 is 0 Å². The molecular weight excluding hydrogens is 595 g/mol. The number of aromatic nitrogens is 3. The summed E-state index contributed by atoms with van der Waals surface area (Å²) in [7, 11) is 0. The van der Waals surface area contributed by atoms with Gasteiger partial charge in [-0.25, -0.2) is 13.8 Å². The smallest absolute Gasteiger partial charge is 0.369 e. The molecular formula is C29H36ClF5N6O2. The van der Waals surface area contributed by atoms with Crippen LogP contribution in [-0.4, -0.2) is 91.6 Å². The number of piperazine rings is 1. The van der Waals surface area contributed by atoms with Gasteiger partial charge in [0, 0.05) is 68.8 Å². The summed E-state index contributed by atoms with van der Waals surface area (Å²) >= 11 is 6.77. The van der Waals surface area contributed by atoms with E-state index in [1.807, 2.05) is 30.0 Å². The average Bonchev–Trinajstić information content (AvgIpc) is 3.42. The van der Waals surface area contributed by atoms with E-state index in [1.165, 1.54) is 4.68 Å². The Kier molecular flexibility index (Phi) is 9.36. The molecule has 2 fully saturated rings. The number of piperidine rings is 1. The summed E-state index contributed by atoms with van der Waals surface area (Å²) in [6.45, 7) is 5.20. The van der Waals surface area contributed by atoms with Crippen molar-refractivity contribution in [3.63, 3.8) is 0 Å². The number of aliphatic hydroxyl groups is 2. The Labute approximate surface area is 252 Å². The van der Waals surface area contributed by atoms with Crippen LogP contribution in [0.2, 0.25) is 0 Å². The second-order valence-corrected chi connectivity index (χ2v) is 12.4. The van der Waals surface area contributed by atoms with Crippen LogP contribution in [0.15, 0.2) is 42.4 Å². The molecule has 2 aromatic heterocycles. The van der Waals surface area contributed by atoms with Gasteiger partial charge in [0.25, 0.3) is 6.43 Å². The number of anilines is 1. The lowest BCUT2D eigenvalue weighted by molar-refractivity contribution is -0.138. The summed E-state index contributed by atoms with van der Waals surface area (Å²) in [5.74, 6) is 0.751. The van der Waals surface area contributed by atoms with Crippen molar-refractivity contribution < 1.29 is 32.2 Å². The van der Waals surface area contributed by atoms with Crippen molar-refractivity contribution in [3.8, 4) is 0 Å². The van der Waals surface area contributed by atoms with Gasteiger partial charge in [0.2, 0.25) is 0 Å². The molecule has 2 aromatic rings. The molecule has 2 aliphatic heterocycles. The molecule has 4 heterocycles. The van der Waals surface area contributed by atoms with Gasteiger partial charge in [0.05, 0.1) is 29.1 Å². The summed E-state index contributed by atoms with van der Waals surface area (Å²) < 4.78 is 66.9. The van der Waals surface area contributed by atoms with E-state index < -0.39 is 41.9 Å². The number of rotatable bonds is 8. The molecule has 2 saturated heterocycles. The van der Waals surface area contributed by atoms with E-state index in [0.717, 1.165) is 28.8 Å². The first-order chi connectivity index (χ1) is 20.3. The minimum absolute atomic E-state index is 0.00177. The maximum atomic E-state index is 13.9. The predicted octanol–water partition coefficient (Wildman–Crippen LogP) is 5.28. The number of hydrogen-bond acceptors (Lipinski definition) is 7.